The minimum Gasteiger partial charge on any atom is -0.497 e. The Morgan fingerprint density at radius 1 is 1.05 bits per heavy atom. The summed E-state index contributed by atoms with van der Waals surface area (Å²) in [6, 6.07) is 15.5. The SMILES string of the molecule is COc1ccc(SCCOc2cccc(N)c2)cc1. The second-order valence-corrected chi connectivity index (χ2v) is 5.11. The van der Waals surface area contributed by atoms with Crippen molar-refractivity contribution in [2.45, 2.75) is 4.90 Å². The third kappa shape index (κ3) is 4.41. The molecule has 100 valence electrons. The van der Waals surface area contributed by atoms with Crippen molar-refractivity contribution in [1.29, 1.82) is 0 Å². The molecule has 19 heavy (non-hydrogen) atoms. The van der Waals surface area contributed by atoms with Gasteiger partial charge in [-0.3, -0.25) is 0 Å². The number of methoxy groups -OCH3 is 1. The first-order valence-electron chi connectivity index (χ1n) is 6.03. The third-order valence-electron chi connectivity index (χ3n) is 2.54. The van der Waals surface area contributed by atoms with Crippen molar-refractivity contribution in [2.24, 2.45) is 0 Å². The Hall–Kier alpha value is -1.81. The Kier molecular flexibility index (Phi) is 4.98. The molecule has 0 radical (unpaired) electrons. The fraction of sp³-hybridized carbons (Fsp3) is 0.200. The monoisotopic (exact) mass is 275 g/mol. The lowest BCUT2D eigenvalue weighted by atomic mass is 10.3. The molecule has 0 fully saturated rings. The zero-order valence-corrected chi connectivity index (χ0v) is 11.7. The normalized spacial score (nSPS) is 10.2. The Morgan fingerprint density at radius 3 is 2.53 bits per heavy atom. The van der Waals surface area contributed by atoms with Crippen molar-refractivity contribution in [3.63, 3.8) is 0 Å². The smallest absolute Gasteiger partial charge is 0.121 e. The lowest BCUT2D eigenvalue weighted by Gasteiger charge is -2.07. The molecule has 0 aliphatic rings. The highest BCUT2D eigenvalue weighted by Gasteiger charge is 1.97. The molecule has 0 bridgehead atoms. The highest BCUT2D eigenvalue weighted by molar-refractivity contribution is 7.99. The maximum Gasteiger partial charge on any atom is 0.121 e. The summed E-state index contributed by atoms with van der Waals surface area (Å²) in [6.07, 6.45) is 0. The summed E-state index contributed by atoms with van der Waals surface area (Å²) in [5, 5.41) is 0. The van der Waals surface area contributed by atoms with Crippen LogP contribution in [0.4, 0.5) is 5.69 Å². The van der Waals surface area contributed by atoms with Gasteiger partial charge in [0.05, 0.1) is 13.7 Å². The Morgan fingerprint density at radius 2 is 1.84 bits per heavy atom. The zero-order valence-electron chi connectivity index (χ0n) is 10.8. The predicted molar refractivity (Wildman–Crippen MR) is 80.1 cm³/mol. The standard InChI is InChI=1S/C15H17NO2S/c1-17-13-5-7-15(8-6-13)19-10-9-18-14-4-2-3-12(16)11-14/h2-8,11H,9-10,16H2,1H3. The van der Waals surface area contributed by atoms with Crippen molar-refractivity contribution < 1.29 is 9.47 Å². The van der Waals surface area contributed by atoms with Crippen molar-refractivity contribution in [1.82, 2.24) is 0 Å². The summed E-state index contributed by atoms with van der Waals surface area (Å²) >= 11 is 1.75. The van der Waals surface area contributed by atoms with Gasteiger partial charge in [0.25, 0.3) is 0 Å². The van der Waals surface area contributed by atoms with E-state index in [0.717, 1.165) is 22.9 Å². The van der Waals surface area contributed by atoms with Gasteiger partial charge in [-0.25, -0.2) is 0 Å². The van der Waals surface area contributed by atoms with Crippen LogP contribution in [0.25, 0.3) is 0 Å². The fourth-order valence-electron chi connectivity index (χ4n) is 1.60. The highest BCUT2D eigenvalue weighted by Crippen LogP contribution is 2.21. The molecule has 2 N–H and O–H groups in total. The minimum atomic E-state index is 0.653. The van der Waals surface area contributed by atoms with Crippen LogP contribution in [-0.2, 0) is 0 Å². The molecule has 0 aliphatic heterocycles. The van der Waals surface area contributed by atoms with E-state index in [1.54, 1.807) is 18.9 Å². The van der Waals surface area contributed by atoms with Crippen molar-refractivity contribution in [2.75, 3.05) is 25.2 Å². The van der Waals surface area contributed by atoms with Gasteiger partial charge in [0.2, 0.25) is 0 Å². The lowest BCUT2D eigenvalue weighted by molar-refractivity contribution is 0.344. The van der Waals surface area contributed by atoms with Gasteiger partial charge in [-0.1, -0.05) is 6.07 Å². The molecule has 0 saturated carbocycles. The Balaban J connectivity index is 1.74. The predicted octanol–water partition coefficient (Wildman–Crippen LogP) is 3.45. The third-order valence-corrected chi connectivity index (χ3v) is 3.51. The first kappa shape index (κ1) is 13.6. The second kappa shape index (κ2) is 6.95. The molecule has 0 spiro atoms. The van der Waals surface area contributed by atoms with Crippen LogP contribution >= 0.6 is 11.8 Å². The average Bonchev–Trinajstić information content (AvgIpc) is 2.44. The number of rotatable bonds is 6. The molecule has 0 aromatic heterocycles. The van der Waals surface area contributed by atoms with Gasteiger partial charge in [-0.15, -0.1) is 11.8 Å². The number of benzene rings is 2. The summed E-state index contributed by atoms with van der Waals surface area (Å²) in [7, 11) is 1.67. The maximum absolute atomic E-state index is 5.68. The van der Waals surface area contributed by atoms with E-state index in [9.17, 15) is 0 Å². The van der Waals surface area contributed by atoms with E-state index in [1.165, 1.54) is 4.90 Å². The molecular weight excluding hydrogens is 258 g/mol. The molecule has 0 unspecified atom stereocenters. The molecule has 0 atom stereocenters. The first-order chi connectivity index (χ1) is 9.28. The van der Waals surface area contributed by atoms with Crippen molar-refractivity contribution in [3.8, 4) is 11.5 Å². The Bertz CT molecular complexity index is 514. The van der Waals surface area contributed by atoms with E-state index in [1.807, 2.05) is 48.5 Å². The van der Waals surface area contributed by atoms with Gasteiger partial charge in [0, 0.05) is 22.4 Å². The molecule has 2 aromatic carbocycles. The van der Waals surface area contributed by atoms with E-state index >= 15 is 0 Å². The second-order valence-electron chi connectivity index (χ2n) is 3.94. The fourth-order valence-corrected chi connectivity index (χ4v) is 2.33. The average molecular weight is 275 g/mol. The quantitative estimate of drug-likeness (QED) is 0.498. The first-order valence-corrected chi connectivity index (χ1v) is 7.01. The molecule has 0 aliphatic carbocycles. The lowest BCUT2D eigenvalue weighted by Crippen LogP contribution is -2.00. The van der Waals surface area contributed by atoms with Crippen molar-refractivity contribution in [3.05, 3.63) is 48.5 Å². The topological polar surface area (TPSA) is 44.5 Å². The molecule has 0 heterocycles. The van der Waals surface area contributed by atoms with Crippen LogP contribution in [0.3, 0.4) is 0 Å². The summed E-state index contributed by atoms with van der Waals surface area (Å²) < 4.78 is 10.7. The van der Waals surface area contributed by atoms with E-state index in [2.05, 4.69) is 0 Å². The molecule has 0 saturated heterocycles. The zero-order chi connectivity index (χ0) is 13.5. The van der Waals surface area contributed by atoms with Crippen LogP contribution in [0.15, 0.2) is 53.4 Å². The molecule has 2 rings (SSSR count). The number of nitrogen functional groups attached to an aromatic ring is 1. The van der Waals surface area contributed by atoms with E-state index in [-0.39, 0.29) is 0 Å². The van der Waals surface area contributed by atoms with Crippen LogP contribution in [0.5, 0.6) is 11.5 Å². The largest absolute Gasteiger partial charge is 0.497 e. The minimum absolute atomic E-state index is 0.653. The number of anilines is 1. The van der Waals surface area contributed by atoms with Gasteiger partial charge >= 0.3 is 0 Å². The van der Waals surface area contributed by atoms with Crippen LogP contribution in [0.1, 0.15) is 0 Å². The van der Waals surface area contributed by atoms with Gasteiger partial charge in [0.15, 0.2) is 0 Å². The molecule has 2 aromatic rings. The summed E-state index contributed by atoms with van der Waals surface area (Å²) in [5.74, 6) is 2.58. The maximum atomic E-state index is 5.68. The Labute approximate surface area is 117 Å². The van der Waals surface area contributed by atoms with Gasteiger partial charge < -0.3 is 15.2 Å². The van der Waals surface area contributed by atoms with Crippen molar-refractivity contribution >= 4 is 17.4 Å². The number of hydrogen-bond acceptors (Lipinski definition) is 4. The molecular formula is C15H17NO2S. The van der Waals surface area contributed by atoms with E-state index in [0.29, 0.717) is 6.61 Å². The summed E-state index contributed by atoms with van der Waals surface area (Å²) in [5.41, 5.74) is 6.41. The van der Waals surface area contributed by atoms with Crippen LogP contribution in [0, 0.1) is 0 Å². The summed E-state index contributed by atoms with van der Waals surface area (Å²) in [6.45, 7) is 0.653. The van der Waals surface area contributed by atoms with Gasteiger partial charge in [-0.2, -0.15) is 0 Å². The molecule has 0 amide bonds. The number of hydrogen-bond donors (Lipinski definition) is 1. The number of ether oxygens (including phenoxy) is 2. The summed E-state index contributed by atoms with van der Waals surface area (Å²) in [4.78, 5) is 1.21. The van der Waals surface area contributed by atoms with E-state index in [4.69, 9.17) is 15.2 Å². The van der Waals surface area contributed by atoms with E-state index < -0.39 is 0 Å². The van der Waals surface area contributed by atoms with Crippen LogP contribution in [-0.4, -0.2) is 19.5 Å². The number of nitrogens with two attached hydrogens (primary N) is 1. The molecule has 3 nitrogen and oxygen atoms in total. The van der Waals surface area contributed by atoms with Crippen LogP contribution < -0.4 is 15.2 Å². The van der Waals surface area contributed by atoms with Gasteiger partial charge in [0.1, 0.15) is 11.5 Å². The van der Waals surface area contributed by atoms with Gasteiger partial charge in [-0.05, 0) is 36.4 Å². The van der Waals surface area contributed by atoms with Crippen LogP contribution in [0.2, 0.25) is 0 Å². The molecule has 4 heteroatoms. The highest BCUT2D eigenvalue weighted by atomic mass is 32.2. The number of thioether (sulfide) groups is 1.